The fourth-order valence-electron chi connectivity index (χ4n) is 2.78. The Hall–Kier alpha value is -1.40. The predicted octanol–water partition coefficient (Wildman–Crippen LogP) is 0.906. The van der Waals surface area contributed by atoms with E-state index in [1.165, 1.54) is 0 Å². The van der Waals surface area contributed by atoms with Crippen LogP contribution in [0.3, 0.4) is 0 Å². The van der Waals surface area contributed by atoms with Crippen molar-refractivity contribution in [3.05, 3.63) is 17.5 Å². The van der Waals surface area contributed by atoms with Crippen LogP contribution in [0.5, 0.6) is 0 Å². The number of aliphatic hydroxyl groups excluding tert-OH is 1. The zero-order valence-electron chi connectivity index (χ0n) is 12.6. The van der Waals surface area contributed by atoms with Crippen LogP contribution in [0.15, 0.2) is 6.20 Å². The molecule has 0 aromatic carbocycles. The van der Waals surface area contributed by atoms with Gasteiger partial charge in [0.2, 0.25) is 0 Å². The topological polar surface area (TPSA) is 76.4 Å². The van der Waals surface area contributed by atoms with E-state index in [1.807, 2.05) is 4.68 Å². The smallest absolute Gasteiger partial charge is 0.255 e. The van der Waals surface area contributed by atoms with Crippen molar-refractivity contribution in [3.63, 3.8) is 0 Å². The maximum Gasteiger partial charge on any atom is 0.255 e. The summed E-state index contributed by atoms with van der Waals surface area (Å²) in [5.74, 6) is 0.793. The Balaban J connectivity index is 1.77. The van der Waals surface area contributed by atoms with E-state index >= 15 is 0 Å². The van der Waals surface area contributed by atoms with Gasteiger partial charge in [0.25, 0.3) is 5.91 Å². The van der Waals surface area contributed by atoms with Crippen LogP contribution >= 0.6 is 0 Å². The molecule has 0 spiro atoms. The molecule has 1 aromatic heterocycles. The van der Waals surface area contributed by atoms with E-state index in [1.54, 1.807) is 6.20 Å². The summed E-state index contributed by atoms with van der Waals surface area (Å²) in [5, 5.41) is 17.0. The molecule has 1 amide bonds. The van der Waals surface area contributed by atoms with E-state index in [0.717, 1.165) is 25.1 Å². The minimum Gasteiger partial charge on any atom is -0.388 e. The van der Waals surface area contributed by atoms with Crippen molar-refractivity contribution in [1.82, 2.24) is 15.1 Å². The Morgan fingerprint density at radius 2 is 2.29 bits per heavy atom. The SMILES string of the molecule is CC(C)Cn1ncc(C(=O)N[C@@H]2COC[C@H]2O)c1C1CC1. The van der Waals surface area contributed by atoms with Crippen molar-refractivity contribution in [2.24, 2.45) is 5.92 Å². The first-order chi connectivity index (χ1) is 10.1. The average Bonchev–Trinajstić information content (AvgIpc) is 3.06. The Morgan fingerprint density at radius 1 is 1.52 bits per heavy atom. The molecule has 1 saturated heterocycles. The van der Waals surface area contributed by atoms with Gasteiger partial charge in [0.1, 0.15) is 0 Å². The molecule has 6 nitrogen and oxygen atoms in total. The molecule has 2 heterocycles. The summed E-state index contributed by atoms with van der Waals surface area (Å²) in [6.45, 7) is 5.77. The largest absolute Gasteiger partial charge is 0.388 e. The van der Waals surface area contributed by atoms with Gasteiger partial charge in [0.05, 0.1) is 42.8 Å². The van der Waals surface area contributed by atoms with Gasteiger partial charge in [0, 0.05) is 12.5 Å². The number of nitrogens with zero attached hydrogens (tertiary/aromatic N) is 2. The number of amides is 1. The predicted molar refractivity (Wildman–Crippen MR) is 77.1 cm³/mol. The molecular weight excluding hydrogens is 270 g/mol. The van der Waals surface area contributed by atoms with E-state index in [0.29, 0.717) is 24.0 Å². The molecule has 2 fully saturated rings. The van der Waals surface area contributed by atoms with E-state index in [4.69, 9.17) is 4.74 Å². The lowest BCUT2D eigenvalue weighted by atomic mass is 10.1. The maximum atomic E-state index is 12.5. The number of ether oxygens (including phenoxy) is 1. The Morgan fingerprint density at radius 3 is 2.86 bits per heavy atom. The van der Waals surface area contributed by atoms with Crippen molar-refractivity contribution in [2.45, 2.75) is 51.3 Å². The second kappa shape index (κ2) is 5.77. The molecule has 21 heavy (non-hydrogen) atoms. The molecule has 116 valence electrons. The van der Waals surface area contributed by atoms with E-state index < -0.39 is 6.10 Å². The molecule has 0 unspecified atom stereocenters. The third-order valence-electron chi connectivity index (χ3n) is 3.99. The van der Waals surface area contributed by atoms with E-state index in [-0.39, 0.29) is 18.6 Å². The molecule has 1 aliphatic carbocycles. The molecular formula is C15H23N3O3. The monoisotopic (exact) mass is 293 g/mol. The Kier molecular flexibility index (Phi) is 3.99. The van der Waals surface area contributed by atoms with Crippen molar-refractivity contribution >= 4 is 5.91 Å². The minimum absolute atomic E-state index is 0.151. The molecule has 0 radical (unpaired) electrons. The quantitative estimate of drug-likeness (QED) is 0.846. The van der Waals surface area contributed by atoms with Crippen LogP contribution in [0.4, 0.5) is 0 Å². The van der Waals surface area contributed by atoms with Gasteiger partial charge in [-0.1, -0.05) is 13.8 Å². The number of carbonyl (C=O) groups is 1. The molecule has 0 bridgehead atoms. The van der Waals surface area contributed by atoms with Crippen LogP contribution in [0.2, 0.25) is 0 Å². The minimum atomic E-state index is -0.621. The first-order valence-electron chi connectivity index (χ1n) is 7.68. The van der Waals surface area contributed by atoms with Crippen LogP contribution in [0.25, 0.3) is 0 Å². The summed E-state index contributed by atoms with van der Waals surface area (Å²) in [4.78, 5) is 12.5. The van der Waals surface area contributed by atoms with Crippen molar-refractivity contribution in [1.29, 1.82) is 0 Å². The van der Waals surface area contributed by atoms with E-state index in [2.05, 4.69) is 24.3 Å². The Labute approximate surface area is 124 Å². The molecule has 1 saturated carbocycles. The molecule has 1 aliphatic heterocycles. The standard InChI is InChI=1S/C15H23N3O3/c1-9(2)6-18-14(10-3-4-10)11(5-16-18)15(20)17-12-7-21-8-13(12)19/h5,9-10,12-13,19H,3-4,6-8H2,1-2H3,(H,17,20)/t12-,13-/m1/s1. The lowest BCUT2D eigenvalue weighted by Crippen LogP contribution is -2.42. The second-order valence-electron chi connectivity index (χ2n) is 6.48. The number of rotatable bonds is 5. The van der Waals surface area contributed by atoms with Gasteiger partial charge >= 0.3 is 0 Å². The molecule has 2 atom stereocenters. The molecule has 6 heteroatoms. The summed E-state index contributed by atoms with van der Waals surface area (Å²) in [6.07, 6.45) is 3.29. The van der Waals surface area contributed by atoms with Gasteiger partial charge in [-0.3, -0.25) is 9.48 Å². The maximum absolute atomic E-state index is 12.5. The zero-order chi connectivity index (χ0) is 15.0. The third kappa shape index (κ3) is 3.11. The van der Waals surface area contributed by atoms with Crippen molar-refractivity contribution in [2.75, 3.05) is 13.2 Å². The van der Waals surface area contributed by atoms with Crippen molar-refractivity contribution < 1.29 is 14.6 Å². The first kappa shape index (κ1) is 14.5. The molecule has 2 aliphatic rings. The second-order valence-corrected chi connectivity index (χ2v) is 6.48. The van der Waals surface area contributed by atoms with Crippen LogP contribution in [-0.2, 0) is 11.3 Å². The molecule has 3 rings (SSSR count). The highest BCUT2D eigenvalue weighted by Crippen LogP contribution is 2.41. The van der Waals surface area contributed by atoms with Crippen LogP contribution in [0.1, 0.15) is 48.7 Å². The van der Waals surface area contributed by atoms with Gasteiger partial charge in [-0.15, -0.1) is 0 Å². The number of aromatic nitrogens is 2. The highest BCUT2D eigenvalue weighted by Gasteiger charge is 2.34. The van der Waals surface area contributed by atoms with Crippen LogP contribution < -0.4 is 5.32 Å². The number of nitrogens with one attached hydrogen (secondary N) is 1. The van der Waals surface area contributed by atoms with Gasteiger partial charge in [-0.05, 0) is 18.8 Å². The molecule has 1 aromatic rings. The average molecular weight is 293 g/mol. The summed E-state index contributed by atoms with van der Waals surface area (Å²) in [7, 11) is 0. The summed E-state index contributed by atoms with van der Waals surface area (Å²) >= 11 is 0. The van der Waals surface area contributed by atoms with Crippen molar-refractivity contribution in [3.8, 4) is 0 Å². The molecule has 2 N–H and O–H groups in total. The number of hydrogen-bond donors (Lipinski definition) is 2. The number of aliphatic hydroxyl groups is 1. The van der Waals surface area contributed by atoms with Gasteiger partial charge in [-0.25, -0.2) is 0 Å². The fraction of sp³-hybridized carbons (Fsp3) is 0.733. The summed E-state index contributed by atoms with van der Waals surface area (Å²) < 4.78 is 7.14. The fourth-order valence-corrected chi connectivity index (χ4v) is 2.78. The van der Waals surface area contributed by atoms with Crippen LogP contribution in [0, 0.1) is 5.92 Å². The van der Waals surface area contributed by atoms with Gasteiger partial charge < -0.3 is 15.2 Å². The lowest BCUT2D eigenvalue weighted by Gasteiger charge is -2.15. The zero-order valence-corrected chi connectivity index (χ0v) is 12.6. The van der Waals surface area contributed by atoms with Gasteiger partial charge in [-0.2, -0.15) is 5.10 Å². The Bertz CT molecular complexity index is 522. The number of hydrogen-bond acceptors (Lipinski definition) is 4. The normalized spacial score (nSPS) is 25.5. The highest BCUT2D eigenvalue weighted by atomic mass is 16.5. The summed E-state index contributed by atoms with van der Waals surface area (Å²) in [6, 6.07) is -0.321. The highest BCUT2D eigenvalue weighted by molar-refractivity contribution is 5.95. The van der Waals surface area contributed by atoms with Crippen LogP contribution in [-0.4, -0.2) is 46.2 Å². The first-order valence-corrected chi connectivity index (χ1v) is 7.68. The lowest BCUT2D eigenvalue weighted by molar-refractivity contribution is 0.0885. The van der Waals surface area contributed by atoms with Gasteiger partial charge in [0.15, 0.2) is 0 Å². The van der Waals surface area contributed by atoms with E-state index in [9.17, 15) is 9.90 Å². The number of carbonyl (C=O) groups excluding carboxylic acids is 1. The summed E-state index contributed by atoms with van der Waals surface area (Å²) in [5.41, 5.74) is 1.70. The third-order valence-corrected chi connectivity index (χ3v) is 3.99.